The number of hydrogen-bond donors (Lipinski definition) is 1. The van der Waals surface area contributed by atoms with Gasteiger partial charge in [0.2, 0.25) is 0 Å². The minimum atomic E-state index is -0.371. The van der Waals surface area contributed by atoms with Crippen LogP contribution in [-0.4, -0.2) is 39.0 Å². The molecule has 1 saturated carbocycles. The maximum Gasteiger partial charge on any atom is 0.109 e. The van der Waals surface area contributed by atoms with Gasteiger partial charge in [0.05, 0.1) is 12.2 Å². The van der Waals surface area contributed by atoms with Crippen molar-refractivity contribution in [3.63, 3.8) is 0 Å². The molecule has 0 saturated heterocycles. The zero-order valence-corrected chi connectivity index (χ0v) is 10.3. The fraction of sp³-hybridized carbons (Fsp3) is 0.917. The molecule has 1 N–H and O–H groups in total. The van der Waals surface area contributed by atoms with Crippen LogP contribution in [0.5, 0.6) is 0 Å². The highest BCUT2D eigenvalue weighted by atomic mass is 16.5. The Hall–Kier alpha value is -0.630. The molecule has 92 valence electrons. The quantitative estimate of drug-likeness (QED) is 0.697. The molecule has 1 fully saturated rings. The van der Waals surface area contributed by atoms with Gasteiger partial charge in [-0.1, -0.05) is 0 Å². The van der Waals surface area contributed by atoms with E-state index in [4.69, 9.17) is 9.47 Å². The first-order chi connectivity index (χ1) is 7.76. The van der Waals surface area contributed by atoms with Crippen molar-refractivity contribution in [2.45, 2.75) is 43.7 Å². The topological polar surface area (TPSA) is 54.3 Å². The Morgan fingerprint density at radius 2 is 2.31 bits per heavy atom. The summed E-state index contributed by atoms with van der Waals surface area (Å²) < 4.78 is 10.7. The van der Waals surface area contributed by atoms with Gasteiger partial charge in [0.15, 0.2) is 0 Å². The van der Waals surface area contributed by atoms with Crippen LogP contribution in [0.2, 0.25) is 0 Å². The van der Waals surface area contributed by atoms with Gasteiger partial charge in [0.25, 0.3) is 0 Å². The van der Waals surface area contributed by atoms with Crippen LogP contribution >= 0.6 is 0 Å². The smallest absolute Gasteiger partial charge is 0.109 e. The van der Waals surface area contributed by atoms with Gasteiger partial charge in [-0.2, -0.15) is 5.26 Å². The van der Waals surface area contributed by atoms with Crippen molar-refractivity contribution in [3.8, 4) is 6.07 Å². The Balaban J connectivity index is 2.30. The maximum absolute atomic E-state index is 9.18. The second-order valence-corrected chi connectivity index (χ2v) is 4.38. The number of methoxy groups -OCH3 is 1. The standard InChI is InChI=1S/C12H22N2O2/c1-14-12(10-13)6-3-5-11(9-12)16-8-4-7-15-2/h11,14H,3-9H2,1-2H3. The number of nitrogens with one attached hydrogen (secondary N) is 1. The summed E-state index contributed by atoms with van der Waals surface area (Å²) in [6.07, 6.45) is 5.00. The highest BCUT2D eigenvalue weighted by molar-refractivity contribution is 5.09. The molecule has 1 rings (SSSR count). The van der Waals surface area contributed by atoms with Crippen LogP contribution in [0.25, 0.3) is 0 Å². The Bertz CT molecular complexity index is 240. The third-order valence-corrected chi connectivity index (χ3v) is 3.24. The number of ether oxygens (including phenoxy) is 2. The van der Waals surface area contributed by atoms with Crippen LogP contribution in [0.4, 0.5) is 0 Å². The summed E-state index contributed by atoms with van der Waals surface area (Å²) in [6, 6.07) is 2.38. The van der Waals surface area contributed by atoms with Gasteiger partial charge in [-0.15, -0.1) is 0 Å². The molecule has 4 nitrogen and oxygen atoms in total. The van der Waals surface area contributed by atoms with Crippen molar-refractivity contribution < 1.29 is 9.47 Å². The zero-order chi connectivity index (χ0) is 11.9. The molecule has 1 aliphatic rings. The van der Waals surface area contributed by atoms with Crippen molar-refractivity contribution in [1.82, 2.24) is 5.32 Å². The highest BCUT2D eigenvalue weighted by Crippen LogP contribution is 2.29. The van der Waals surface area contributed by atoms with Gasteiger partial charge in [-0.05, 0) is 32.7 Å². The van der Waals surface area contributed by atoms with E-state index in [1.165, 1.54) is 0 Å². The lowest BCUT2D eigenvalue weighted by Crippen LogP contribution is -2.47. The molecule has 2 unspecified atom stereocenters. The molecular formula is C12H22N2O2. The van der Waals surface area contributed by atoms with E-state index >= 15 is 0 Å². The van der Waals surface area contributed by atoms with E-state index in [-0.39, 0.29) is 11.6 Å². The third kappa shape index (κ3) is 3.75. The van der Waals surface area contributed by atoms with E-state index < -0.39 is 0 Å². The monoisotopic (exact) mass is 226 g/mol. The van der Waals surface area contributed by atoms with Crippen molar-refractivity contribution in [1.29, 1.82) is 5.26 Å². The van der Waals surface area contributed by atoms with E-state index in [0.717, 1.165) is 45.3 Å². The number of nitrogens with zero attached hydrogens (tertiary/aromatic N) is 1. The van der Waals surface area contributed by atoms with Gasteiger partial charge in [-0.25, -0.2) is 0 Å². The van der Waals surface area contributed by atoms with Crippen LogP contribution in [0, 0.1) is 11.3 Å². The van der Waals surface area contributed by atoms with E-state index in [2.05, 4.69) is 11.4 Å². The molecule has 16 heavy (non-hydrogen) atoms. The molecule has 0 aromatic rings. The molecule has 0 aliphatic heterocycles. The summed E-state index contributed by atoms with van der Waals surface area (Å²) in [4.78, 5) is 0. The molecule has 0 heterocycles. The van der Waals surface area contributed by atoms with Crippen LogP contribution in [0.3, 0.4) is 0 Å². The summed E-state index contributed by atoms with van der Waals surface area (Å²) in [5.41, 5.74) is -0.371. The molecule has 2 atom stereocenters. The van der Waals surface area contributed by atoms with Crippen LogP contribution in [-0.2, 0) is 9.47 Å². The summed E-state index contributed by atoms with van der Waals surface area (Å²) in [6.45, 7) is 1.46. The van der Waals surface area contributed by atoms with E-state index in [0.29, 0.717) is 0 Å². The average molecular weight is 226 g/mol. The van der Waals surface area contributed by atoms with Crippen molar-refractivity contribution in [3.05, 3.63) is 0 Å². The fourth-order valence-electron chi connectivity index (χ4n) is 2.20. The minimum Gasteiger partial charge on any atom is -0.385 e. The predicted molar refractivity (Wildman–Crippen MR) is 62.1 cm³/mol. The maximum atomic E-state index is 9.18. The first-order valence-electron chi connectivity index (χ1n) is 5.97. The lowest BCUT2D eigenvalue weighted by molar-refractivity contribution is 0.00226. The molecule has 0 bridgehead atoms. The fourth-order valence-corrected chi connectivity index (χ4v) is 2.20. The molecule has 4 heteroatoms. The SMILES string of the molecule is CNC1(C#N)CCCC(OCCCOC)C1. The molecule has 0 aromatic carbocycles. The van der Waals surface area contributed by atoms with E-state index in [9.17, 15) is 5.26 Å². The van der Waals surface area contributed by atoms with E-state index in [1.807, 2.05) is 7.05 Å². The first-order valence-corrected chi connectivity index (χ1v) is 5.97. The summed E-state index contributed by atoms with van der Waals surface area (Å²) >= 11 is 0. The van der Waals surface area contributed by atoms with Crippen LogP contribution in [0.1, 0.15) is 32.1 Å². The van der Waals surface area contributed by atoms with Crippen molar-refractivity contribution >= 4 is 0 Å². The highest BCUT2D eigenvalue weighted by Gasteiger charge is 2.35. The van der Waals surface area contributed by atoms with Gasteiger partial charge in [0, 0.05) is 26.7 Å². The molecule has 0 spiro atoms. The minimum absolute atomic E-state index is 0.220. The average Bonchev–Trinajstić information content (AvgIpc) is 2.35. The lowest BCUT2D eigenvalue weighted by atomic mass is 9.81. The zero-order valence-electron chi connectivity index (χ0n) is 10.3. The lowest BCUT2D eigenvalue weighted by Gasteiger charge is -2.35. The van der Waals surface area contributed by atoms with Gasteiger partial charge < -0.3 is 14.8 Å². The molecule has 0 aromatic heterocycles. The number of hydrogen-bond acceptors (Lipinski definition) is 4. The molecule has 1 aliphatic carbocycles. The van der Waals surface area contributed by atoms with E-state index in [1.54, 1.807) is 7.11 Å². The van der Waals surface area contributed by atoms with Crippen molar-refractivity contribution in [2.75, 3.05) is 27.4 Å². The van der Waals surface area contributed by atoms with Crippen molar-refractivity contribution in [2.24, 2.45) is 0 Å². The molecule has 0 radical (unpaired) electrons. The summed E-state index contributed by atoms with van der Waals surface area (Å²) in [5.74, 6) is 0. The Kier molecular flexibility index (Phi) is 5.75. The Morgan fingerprint density at radius 3 is 2.94 bits per heavy atom. The number of nitriles is 1. The predicted octanol–water partition coefficient (Wildman–Crippen LogP) is 1.46. The summed E-state index contributed by atoms with van der Waals surface area (Å²) in [7, 11) is 3.55. The normalized spacial score (nSPS) is 29.9. The second kappa shape index (κ2) is 6.85. The summed E-state index contributed by atoms with van der Waals surface area (Å²) in [5, 5.41) is 12.3. The van der Waals surface area contributed by atoms with Gasteiger partial charge in [-0.3, -0.25) is 0 Å². The molecule has 0 amide bonds. The third-order valence-electron chi connectivity index (χ3n) is 3.24. The molecular weight excluding hydrogens is 204 g/mol. The van der Waals surface area contributed by atoms with Gasteiger partial charge in [0.1, 0.15) is 5.54 Å². The van der Waals surface area contributed by atoms with Gasteiger partial charge >= 0.3 is 0 Å². The Labute approximate surface area is 97.9 Å². The Morgan fingerprint density at radius 1 is 1.50 bits per heavy atom. The van der Waals surface area contributed by atoms with Crippen LogP contribution in [0.15, 0.2) is 0 Å². The first kappa shape index (κ1) is 13.4. The second-order valence-electron chi connectivity index (χ2n) is 4.38. The largest absolute Gasteiger partial charge is 0.385 e. The number of rotatable bonds is 6. The van der Waals surface area contributed by atoms with Crippen LogP contribution < -0.4 is 5.32 Å².